The number of likely N-dealkylation sites (N-methyl/N-ethyl adjacent to an activating group) is 1. The maximum Gasteiger partial charge on any atom is 0.341 e. The Morgan fingerprint density at radius 2 is 2.50 bits per heavy atom. The van der Waals surface area contributed by atoms with Gasteiger partial charge in [0.25, 0.3) is 0 Å². The van der Waals surface area contributed by atoms with Crippen LogP contribution in [0.15, 0.2) is 0 Å². The zero-order valence-electron chi connectivity index (χ0n) is 7.37. The molecule has 1 saturated heterocycles. The van der Waals surface area contributed by atoms with E-state index < -0.39 is 0 Å². The molecule has 0 bridgehead atoms. The molecule has 12 heavy (non-hydrogen) atoms. The summed E-state index contributed by atoms with van der Waals surface area (Å²) in [6.07, 6.45) is 0.896. The van der Waals surface area contributed by atoms with Gasteiger partial charge in [-0.2, -0.15) is 0 Å². The molecule has 5 heteroatoms. The molecule has 0 aromatic heterocycles. The van der Waals surface area contributed by atoms with Gasteiger partial charge in [-0.25, -0.2) is 10.3 Å². The molecule has 1 unspecified atom stereocenters. The fraction of sp³-hybridized carbons (Fsp3) is 0.857. The highest BCUT2D eigenvalue weighted by Crippen LogP contribution is 2.09. The minimum Gasteiger partial charge on any atom is -0.379 e. The highest BCUT2D eigenvalue weighted by Gasteiger charge is 2.23. The Labute approximate surface area is 71.6 Å². The van der Waals surface area contributed by atoms with E-state index in [4.69, 9.17) is 4.74 Å². The molecule has 5 nitrogen and oxygen atoms in total. The largest absolute Gasteiger partial charge is 0.379 e. The van der Waals surface area contributed by atoms with Gasteiger partial charge in [-0.1, -0.05) is 0 Å². The molecule has 1 aliphatic rings. The summed E-state index contributed by atoms with van der Waals surface area (Å²) >= 11 is 0. The summed E-state index contributed by atoms with van der Waals surface area (Å²) in [6, 6.07) is -0.0480. The van der Waals surface area contributed by atoms with E-state index in [-0.39, 0.29) is 12.1 Å². The normalized spacial score (nSPS) is 22.3. The van der Waals surface area contributed by atoms with Crippen molar-refractivity contribution < 1.29 is 14.4 Å². The summed E-state index contributed by atoms with van der Waals surface area (Å²) in [6.45, 7) is 1.35. The maximum absolute atomic E-state index is 11.2. The second kappa shape index (κ2) is 4.27. The maximum atomic E-state index is 11.2. The minimum absolute atomic E-state index is 0.181. The van der Waals surface area contributed by atoms with Gasteiger partial charge in [-0.05, 0) is 6.42 Å². The van der Waals surface area contributed by atoms with E-state index in [1.165, 1.54) is 7.11 Å². The number of rotatable bonds is 2. The van der Waals surface area contributed by atoms with E-state index in [2.05, 4.69) is 10.3 Å². The molecule has 2 amide bonds. The number of urea groups is 1. The number of hydrogen-bond donors (Lipinski definition) is 1. The second-order valence-corrected chi connectivity index (χ2v) is 2.74. The van der Waals surface area contributed by atoms with Crippen molar-refractivity contribution in [3.8, 4) is 0 Å². The lowest BCUT2D eigenvalue weighted by Crippen LogP contribution is -2.43. The summed E-state index contributed by atoms with van der Waals surface area (Å²) in [5.74, 6) is 0. The zero-order chi connectivity index (χ0) is 8.97. The second-order valence-electron chi connectivity index (χ2n) is 2.74. The monoisotopic (exact) mass is 174 g/mol. The van der Waals surface area contributed by atoms with Gasteiger partial charge >= 0.3 is 6.03 Å². The van der Waals surface area contributed by atoms with Gasteiger partial charge in [0, 0.05) is 13.7 Å². The number of hydrogen-bond acceptors (Lipinski definition) is 3. The van der Waals surface area contributed by atoms with Gasteiger partial charge in [-0.3, -0.25) is 4.84 Å². The summed E-state index contributed by atoms with van der Waals surface area (Å²) in [5.41, 5.74) is 2.25. The third-order valence-corrected chi connectivity index (χ3v) is 1.96. The van der Waals surface area contributed by atoms with Crippen molar-refractivity contribution in [3.05, 3.63) is 0 Å². The van der Waals surface area contributed by atoms with E-state index in [0.29, 0.717) is 6.61 Å². The molecule has 0 saturated carbocycles. The summed E-state index contributed by atoms with van der Waals surface area (Å²) in [4.78, 5) is 17.3. The van der Waals surface area contributed by atoms with Crippen LogP contribution in [-0.2, 0) is 9.57 Å². The van der Waals surface area contributed by atoms with E-state index in [0.717, 1.165) is 13.0 Å². The highest BCUT2D eigenvalue weighted by atomic mass is 16.6. The fourth-order valence-electron chi connectivity index (χ4n) is 1.15. The molecule has 0 aromatic carbocycles. The van der Waals surface area contributed by atoms with Gasteiger partial charge < -0.3 is 9.64 Å². The van der Waals surface area contributed by atoms with Crippen LogP contribution in [-0.4, -0.2) is 44.3 Å². The molecule has 1 aliphatic heterocycles. The van der Waals surface area contributed by atoms with Crippen molar-refractivity contribution in [3.63, 3.8) is 0 Å². The zero-order valence-corrected chi connectivity index (χ0v) is 7.37. The standard InChI is InChI=1S/C7H14N2O3/c1-9(7(10)8-11-2)6-3-4-12-5-6/h6H,3-5H2,1-2H3,(H,8,10). The van der Waals surface area contributed by atoms with Crippen LogP contribution in [0.4, 0.5) is 4.79 Å². The Kier molecular flexibility index (Phi) is 3.31. The van der Waals surface area contributed by atoms with Gasteiger partial charge in [0.2, 0.25) is 0 Å². The molecule has 1 rings (SSSR count). The topological polar surface area (TPSA) is 50.8 Å². The van der Waals surface area contributed by atoms with Crippen molar-refractivity contribution in [1.29, 1.82) is 0 Å². The van der Waals surface area contributed by atoms with E-state index in [1.54, 1.807) is 11.9 Å². The average molecular weight is 174 g/mol. The van der Waals surface area contributed by atoms with Crippen molar-refractivity contribution in [2.75, 3.05) is 27.4 Å². The molecular weight excluding hydrogens is 160 g/mol. The summed E-state index contributed by atoms with van der Waals surface area (Å²) in [7, 11) is 3.14. The lowest BCUT2D eigenvalue weighted by Gasteiger charge is -2.22. The fourth-order valence-corrected chi connectivity index (χ4v) is 1.15. The Bertz CT molecular complexity index is 157. The SMILES string of the molecule is CONC(=O)N(C)C1CCOC1. The summed E-state index contributed by atoms with van der Waals surface area (Å²) in [5, 5.41) is 0. The Hall–Kier alpha value is -0.810. The molecule has 0 aliphatic carbocycles. The van der Waals surface area contributed by atoms with Crippen LogP contribution in [0.3, 0.4) is 0 Å². The number of nitrogens with one attached hydrogen (secondary N) is 1. The molecule has 1 fully saturated rings. The first-order valence-corrected chi connectivity index (χ1v) is 3.89. The van der Waals surface area contributed by atoms with E-state index in [1.807, 2.05) is 0 Å². The predicted molar refractivity (Wildman–Crippen MR) is 42.5 cm³/mol. The molecule has 0 radical (unpaired) electrons. The van der Waals surface area contributed by atoms with Crippen LogP contribution in [0.2, 0.25) is 0 Å². The van der Waals surface area contributed by atoms with Gasteiger partial charge in [-0.15, -0.1) is 0 Å². The number of nitrogens with zero attached hydrogens (tertiary/aromatic N) is 1. The molecule has 0 aromatic rings. The van der Waals surface area contributed by atoms with E-state index in [9.17, 15) is 4.79 Å². The Balaban J connectivity index is 2.34. The van der Waals surface area contributed by atoms with Gasteiger partial charge in [0.1, 0.15) is 0 Å². The highest BCUT2D eigenvalue weighted by molar-refractivity contribution is 5.73. The number of hydroxylamine groups is 1. The van der Waals surface area contributed by atoms with Crippen LogP contribution in [0.5, 0.6) is 0 Å². The molecule has 1 N–H and O–H groups in total. The number of carbonyl (C=O) groups is 1. The van der Waals surface area contributed by atoms with Crippen LogP contribution >= 0.6 is 0 Å². The lowest BCUT2D eigenvalue weighted by molar-refractivity contribution is 0.0814. The molecule has 1 atom stereocenters. The molecule has 70 valence electrons. The van der Waals surface area contributed by atoms with Crippen molar-refractivity contribution in [1.82, 2.24) is 10.4 Å². The molecular formula is C7H14N2O3. The first-order valence-electron chi connectivity index (χ1n) is 3.89. The van der Waals surface area contributed by atoms with E-state index >= 15 is 0 Å². The predicted octanol–water partition coefficient (Wildman–Crippen LogP) is -0.0219. The van der Waals surface area contributed by atoms with Crippen LogP contribution < -0.4 is 5.48 Å². The Morgan fingerprint density at radius 3 is 3.00 bits per heavy atom. The first kappa shape index (κ1) is 9.28. The van der Waals surface area contributed by atoms with Crippen LogP contribution in [0.1, 0.15) is 6.42 Å². The van der Waals surface area contributed by atoms with Crippen molar-refractivity contribution in [2.45, 2.75) is 12.5 Å². The van der Waals surface area contributed by atoms with Crippen molar-refractivity contribution in [2.24, 2.45) is 0 Å². The lowest BCUT2D eigenvalue weighted by atomic mass is 10.2. The summed E-state index contributed by atoms with van der Waals surface area (Å²) < 4.78 is 5.14. The minimum atomic E-state index is -0.229. The quantitative estimate of drug-likeness (QED) is 0.598. The average Bonchev–Trinajstić information content (AvgIpc) is 2.55. The van der Waals surface area contributed by atoms with Gasteiger partial charge in [0.15, 0.2) is 0 Å². The van der Waals surface area contributed by atoms with Crippen LogP contribution in [0, 0.1) is 0 Å². The molecule has 0 spiro atoms. The third kappa shape index (κ3) is 2.09. The third-order valence-electron chi connectivity index (χ3n) is 1.96. The smallest absolute Gasteiger partial charge is 0.341 e. The Morgan fingerprint density at radius 1 is 1.75 bits per heavy atom. The number of amides is 2. The molecule has 1 heterocycles. The van der Waals surface area contributed by atoms with Crippen LogP contribution in [0.25, 0.3) is 0 Å². The number of ether oxygens (including phenoxy) is 1. The van der Waals surface area contributed by atoms with Gasteiger partial charge in [0.05, 0.1) is 19.8 Å². The van der Waals surface area contributed by atoms with Crippen molar-refractivity contribution >= 4 is 6.03 Å². The first-order chi connectivity index (χ1) is 5.75. The number of carbonyl (C=O) groups excluding carboxylic acids is 1.